The predicted octanol–water partition coefficient (Wildman–Crippen LogP) is 2.58. The lowest BCUT2D eigenvalue weighted by Crippen LogP contribution is -2.36. The van der Waals surface area contributed by atoms with Crippen LogP contribution in [-0.4, -0.2) is 24.2 Å². The summed E-state index contributed by atoms with van der Waals surface area (Å²) in [5.41, 5.74) is 0.598. The van der Waals surface area contributed by atoms with E-state index in [0.29, 0.717) is 18.0 Å². The van der Waals surface area contributed by atoms with E-state index in [4.69, 9.17) is 9.47 Å². The first-order valence-corrected chi connectivity index (χ1v) is 7.17. The summed E-state index contributed by atoms with van der Waals surface area (Å²) in [4.78, 5) is 8.71. The zero-order chi connectivity index (χ0) is 14.6. The van der Waals surface area contributed by atoms with Gasteiger partial charge in [0.05, 0.1) is 25.5 Å². The Balaban J connectivity index is 2.15. The van der Waals surface area contributed by atoms with Gasteiger partial charge in [-0.15, -0.1) is 11.3 Å². The van der Waals surface area contributed by atoms with Gasteiger partial charge in [-0.05, 0) is 13.8 Å². The molecule has 6 heteroatoms. The van der Waals surface area contributed by atoms with Gasteiger partial charge >= 0.3 is 0 Å². The molecule has 0 radical (unpaired) electrons. The lowest BCUT2D eigenvalue weighted by Gasteiger charge is -2.24. The van der Waals surface area contributed by atoms with Crippen molar-refractivity contribution in [3.05, 3.63) is 34.5 Å². The van der Waals surface area contributed by atoms with Crippen molar-refractivity contribution < 1.29 is 9.47 Å². The van der Waals surface area contributed by atoms with Gasteiger partial charge in [-0.3, -0.25) is 4.98 Å². The molecule has 5 nitrogen and oxygen atoms in total. The number of aromatic nitrogens is 2. The minimum absolute atomic E-state index is 0.218. The zero-order valence-electron chi connectivity index (χ0n) is 12.1. The Morgan fingerprint density at radius 1 is 1.20 bits per heavy atom. The Labute approximate surface area is 123 Å². The Hall–Kier alpha value is -1.66. The highest BCUT2D eigenvalue weighted by Crippen LogP contribution is 2.30. The summed E-state index contributed by atoms with van der Waals surface area (Å²) in [5.74, 6) is 1.35. The zero-order valence-corrected chi connectivity index (χ0v) is 13.0. The molecule has 0 aromatic carbocycles. The van der Waals surface area contributed by atoms with Crippen LogP contribution in [0.4, 0.5) is 0 Å². The molecule has 0 saturated heterocycles. The first-order chi connectivity index (χ1) is 9.58. The molecular weight excluding hydrogens is 274 g/mol. The number of methoxy groups -OCH3 is 2. The molecule has 0 spiro atoms. The average molecular weight is 293 g/mol. The summed E-state index contributed by atoms with van der Waals surface area (Å²) < 4.78 is 10.7. The molecule has 0 unspecified atom stereocenters. The van der Waals surface area contributed by atoms with E-state index in [1.54, 1.807) is 37.8 Å². The van der Waals surface area contributed by atoms with Crippen LogP contribution in [0.15, 0.2) is 23.8 Å². The topological polar surface area (TPSA) is 56.3 Å². The third-order valence-corrected chi connectivity index (χ3v) is 4.13. The van der Waals surface area contributed by atoms with E-state index in [9.17, 15) is 0 Å². The number of nitrogens with one attached hydrogen (secondary N) is 1. The van der Waals surface area contributed by atoms with Gasteiger partial charge in [-0.25, -0.2) is 4.98 Å². The number of nitrogens with zero attached hydrogens (tertiary/aromatic N) is 2. The molecule has 0 aliphatic carbocycles. The number of pyridine rings is 1. The van der Waals surface area contributed by atoms with Crippen molar-refractivity contribution in [1.82, 2.24) is 15.3 Å². The second kappa shape index (κ2) is 6.19. The van der Waals surface area contributed by atoms with Gasteiger partial charge < -0.3 is 14.8 Å². The van der Waals surface area contributed by atoms with Gasteiger partial charge in [0.2, 0.25) is 0 Å². The Kier molecular flexibility index (Phi) is 4.57. The smallest absolute Gasteiger partial charge is 0.183 e. The first-order valence-electron chi connectivity index (χ1n) is 6.29. The third-order valence-electron chi connectivity index (χ3n) is 3.03. The lowest BCUT2D eigenvalue weighted by molar-refractivity contribution is 0.341. The normalized spacial score (nSPS) is 11.4. The molecule has 0 aliphatic heterocycles. The fourth-order valence-corrected chi connectivity index (χ4v) is 2.63. The van der Waals surface area contributed by atoms with E-state index >= 15 is 0 Å². The molecule has 0 amide bonds. The van der Waals surface area contributed by atoms with E-state index in [2.05, 4.69) is 29.1 Å². The summed E-state index contributed by atoms with van der Waals surface area (Å²) in [6.07, 6.45) is 3.53. The van der Waals surface area contributed by atoms with E-state index in [1.807, 2.05) is 11.6 Å². The van der Waals surface area contributed by atoms with E-state index < -0.39 is 0 Å². The summed E-state index contributed by atoms with van der Waals surface area (Å²) >= 11 is 1.63. The summed E-state index contributed by atoms with van der Waals surface area (Å²) in [7, 11) is 3.24. The quantitative estimate of drug-likeness (QED) is 0.887. The number of rotatable bonds is 6. The van der Waals surface area contributed by atoms with Crippen molar-refractivity contribution in [2.45, 2.75) is 25.9 Å². The Morgan fingerprint density at radius 2 is 2.00 bits per heavy atom. The summed E-state index contributed by atoms with van der Waals surface area (Å²) in [5, 5.41) is 6.47. The van der Waals surface area contributed by atoms with Crippen LogP contribution in [-0.2, 0) is 12.1 Å². The van der Waals surface area contributed by atoms with Gasteiger partial charge in [-0.2, -0.15) is 0 Å². The van der Waals surface area contributed by atoms with Crippen molar-refractivity contribution in [1.29, 1.82) is 0 Å². The number of thiazole rings is 1. The maximum atomic E-state index is 5.38. The fraction of sp³-hybridized carbons (Fsp3) is 0.429. The van der Waals surface area contributed by atoms with E-state index in [0.717, 1.165) is 10.7 Å². The average Bonchev–Trinajstić information content (AvgIpc) is 2.99. The van der Waals surface area contributed by atoms with Crippen molar-refractivity contribution in [2.75, 3.05) is 14.2 Å². The van der Waals surface area contributed by atoms with Crippen LogP contribution < -0.4 is 14.8 Å². The molecule has 0 aliphatic rings. The molecule has 2 heterocycles. The SMILES string of the molecule is COc1ccnc(CNC(C)(C)c2nccs2)c1OC. The molecule has 108 valence electrons. The number of ether oxygens (including phenoxy) is 2. The third kappa shape index (κ3) is 3.08. The van der Waals surface area contributed by atoms with Crippen molar-refractivity contribution in [2.24, 2.45) is 0 Å². The second-order valence-electron chi connectivity index (χ2n) is 4.81. The van der Waals surface area contributed by atoms with Crippen LogP contribution in [0.1, 0.15) is 24.5 Å². The molecule has 2 aromatic rings. The van der Waals surface area contributed by atoms with Crippen molar-refractivity contribution in [3.63, 3.8) is 0 Å². The number of hydrogen-bond donors (Lipinski definition) is 1. The van der Waals surface area contributed by atoms with Crippen molar-refractivity contribution >= 4 is 11.3 Å². The van der Waals surface area contributed by atoms with Crippen LogP contribution in [0.25, 0.3) is 0 Å². The molecule has 1 N–H and O–H groups in total. The van der Waals surface area contributed by atoms with Gasteiger partial charge in [0.25, 0.3) is 0 Å². The van der Waals surface area contributed by atoms with Gasteiger partial charge in [0.15, 0.2) is 11.5 Å². The Bertz CT molecular complexity index is 556. The number of hydrogen-bond acceptors (Lipinski definition) is 6. The van der Waals surface area contributed by atoms with Crippen LogP contribution in [0, 0.1) is 0 Å². The summed E-state index contributed by atoms with van der Waals surface area (Å²) in [6.45, 7) is 4.77. The van der Waals surface area contributed by atoms with Crippen LogP contribution in [0.5, 0.6) is 11.5 Å². The predicted molar refractivity (Wildman–Crippen MR) is 79.3 cm³/mol. The van der Waals surface area contributed by atoms with E-state index in [-0.39, 0.29) is 5.54 Å². The van der Waals surface area contributed by atoms with Gasteiger partial charge in [-0.1, -0.05) is 0 Å². The monoisotopic (exact) mass is 293 g/mol. The van der Waals surface area contributed by atoms with Crippen molar-refractivity contribution in [3.8, 4) is 11.5 Å². The second-order valence-corrected chi connectivity index (χ2v) is 5.70. The molecule has 0 saturated carbocycles. The minimum atomic E-state index is -0.218. The molecule has 2 rings (SSSR count). The molecule has 20 heavy (non-hydrogen) atoms. The highest BCUT2D eigenvalue weighted by molar-refractivity contribution is 7.09. The molecule has 2 aromatic heterocycles. The van der Waals surface area contributed by atoms with Gasteiger partial charge in [0, 0.05) is 30.4 Å². The van der Waals surface area contributed by atoms with Gasteiger partial charge in [0.1, 0.15) is 5.01 Å². The maximum Gasteiger partial charge on any atom is 0.183 e. The molecule has 0 fully saturated rings. The lowest BCUT2D eigenvalue weighted by atomic mass is 10.1. The van der Waals surface area contributed by atoms with Crippen LogP contribution in [0.2, 0.25) is 0 Å². The Morgan fingerprint density at radius 3 is 2.60 bits per heavy atom. The first kappa shape index (κ1) is 14.7. The molecule has 0 atom stereocenters. The summed E-state index contributed by atoms with van der Waals surface area (Å²) in [6, 6.07) is 1.79. The minimum Gasteiger partial charge on any atom is -0.493 e. The standard InChI is InChI=1S/C14H19N3O2S/c1-14(2,13-16-7-8-20-13)17-9-10-12(19-4)11(18-3)5-6-15-10/h5-8,17H,9H2,1-4H3. The maximum absolute atomic E-state index is 5.38. The molecule has 0 bridgehead atoms. The molecular formula is C14H19N3O2S. The largest absolute Gasteiger partial charge is 0.493 e. The highest BCUT2D eigenvalue weighted by Gasteiger charge is 2.23. The van der Waals surface area contributed by atoms with Crippen LogP contribution >= 0.6 is 11.3 Å². The highest BCUT2D eigenvalue weighted by atomic mass is 32.1. The van der Waals surface area contributed by atoms with E-state index in [1.165, 1.54) is 0 Å². The van der Waals surface area contributed by atoms with Crippen LogP contribution in [0.3, 0.4) is 0 Å². The fourth-order valence-electron chi connectivity index (χ4n) is 1.89.